The minimum absolute atomic E-state index is 0.0125. The number of hydrogen-bond donors (Lipinski definition) is 0. The Morgan fingerprint density at radius 1 is 1.27 bits per heavy atom. The van der Waals surface area contributed by atoms with Crippen LogP contribution in [0.25, 0.3) is 10.2 Å². The van der Waals surface area contributed by atoms with E-state index in [0.717, 1.165) is 28.6 Å². The van der Waals surface area contributed by atoms with Crippen molar-refractivity contribution < 1.29 is 17.9 Å². The number of benzene rings is 2. The smallest absolute Gasteiger partial charge is 0.260 e. The van der Waals surface area contributed by atoms with E-state index < -0.39 is 9.84 Å². The van der Waals surface area contributed by atoms with Gasteiger partial charge < -0.3 is 4.74 Å². The fourth-order valence-electron chi connectivity index (χ4n) is 3.57. The van der Waals surface area contributed by atoms with Gasteiger partial charge in [0.1, 0.15) is 0 Å². The molecular weight excluding hydrogens is 420 g/mol. The monoisotopic (exact) mass is 444 g/mol. The number of ether oxygens (including phenoxy) is 1. The van der Waals surface area contributed by atoms with Crippen molar-refractivity contribution in [1.82, 2.24) is 4.98 Å². The van der Waals surface area contributed by atoms with Crippen LogP contribution in [-0.2, 0) is 14.6 Å². The number of aromatic nitrogens is 1. The second-order valence-electron chi connectivity index (χ2n) is 7.40. The number of anilines is 1. The summed E-state index contributed by atoms with van der Waals surface area (Å²) < 4.78 is 31.4. The maximum Gasteiger partial charge on any atom is 0.260 e. The first-order chi connectivity index (χ1) is 14.4. The topological polar surface area (TPSA) is 76.6 Å². The molecule has 6 nitrogen and oxygen atoms in total. The Balaban J connectivity index is 1.74. The molecule has 1 unspecified atom stereocenters. The summed E-state index contributed by atoms with van der Waals surface area (Å²) in [6, 6.07) is 12.2. The first kappa shape index (κ1) is 21.0. The Hall–Kier alpha value is -2.29. The summed E-state index contributed by atoms with van der Waals surface area (Å²) in [5.41, 5.74) is 2.26. The molecule has 0 aliphatic carbocycles. The van der Waals surface area contributed by atoms with Crippen LogP contribution in [0.1, 0.15) is 35.7 Å². The molecule has 1 atom stereocenters. The first-order valence-electron chi connectivity index (χ1n) is 10.0. The van der Waals surface area contributed by atoms with Gasteiger partial charge in [-0.15, -0.1) is 0 Å². The van der Waals surface area contributed by atoms with Crippen LogP contribution in [0.2, 0.25) is 0 Å². The third-order valence-corrected chi connectivity index (χ3v) is 8.09. The van der Waals surface area contributed by atoms with Gasteiger partial charge in [0, 0.05) is 12.2 Å². The Bertz CT molecular complexity index is 1180. The number of aryl methyl sites for hydroxylation is 1. The predicted octanol–water partition coefficient (Wildman–Crippen LogP) is 4.22. The lowest BCUT2D eigenvalue weighted by molar-refractivity contribution is 0.0917. The van der Waals surface area contributed by atoms with Crippen molar-refractivity contribution in [1.29, 1.82) is 0 Å². The molecule has 1 aromatic heterocycles. The summed E-state index contributed by atoms with van der Waals surface area (Å²) >= 11 is 1.46. The average molecular weight is 445 g/mol. The van der Waals surface area contributed by atoms with Crippen LogP contribution in [0, 0.1) is 6.92 Å². The molecular formula is C22H24N2O4S2. The fourth-order valence-corrected chi connectivity index (χ4v) is 5.55. The number of amides is 1. The highest BCUT2D eigenvalue weighted by molar-refractivity contribution is 7.91. The third-order valence-electron chi connectivity index (χ3n) is 5.32. The molecule has 1 aliphatic heterocycles. The molecule has 1 amide bonds. The van der Waals surface area contributed by atoms with Crippen LogP contribution in [0.3, 0.4) is 0 Å². The SMILES string of the molecule is CCS(=O)(=O)c1cccc(C(=O)N(CC2CCCO2)c2nc3c(C)cccc3s2)c1. The lowest BCUT2D eigenvalue weighted by Gasteiger charge is -2.23. The number of para-hydroxylation sites is 1. The van der Waals surface area contributed by atoms with Gasteiger partial charge in [-0.3, -0.25) is 9.69 Å². The van der Waals surface area contributed by atoms with Crippen molar-refractivity contribution in [2.75, 3.05) is 23.8 Å². The number of nitrogens with zero attached hydrogens (tertiary/aromatic N) is 2. The minimum Gasteiger partial charge on any atom is -0.376 e. The molecule has 1 fully saturated rings. The summed E-state index contributed by atoms with van der Waals surface area (Å²) in [4.78, 5) is 20.0. The van der Waals surface area contributed by atoms with Gasteiger partial charge in [0.15, 0.2) is 15.0 Å². The van der Waals surface area contributed by atoms with Crippen molar-refractivity contribution in [2.24, 2.45) is 0 Å². The minimum atomic E-state index is -3.40. The number of rotatable bonds is 6. The zero-order valence-corrected chi connectivity index (χ0v) is 18.6. The molecule has 0 bridgehead atoms. The average Bonchev–Trinajstić information content (AvgIpc) is 3.42. The molecule has 8 heteroatoms. The number of fused-ring (bicyclic) bond motifs is 1. The van der Waals surface area contributed by atoms with E-state index in [1.807, 2.05) is 25.1 Å². The number of sulfone groups is 1. The zero-order valence-electron chi connectivity index (χ0n) is 17.0. The van der Waals surface area contributed by atoms with Crippen LogP contribution in [-0.4, -0.2) is 44.3 Å². The summed E-state index contributed by atoms with van der Waals surface area (Å²) in [6.45, 7) is 4.67. The van der Waals surface area contributed by atoms with Gasteiger partial charge in [-0.25, -0.2) is 13.4 Å². The lowest BCUT2D eigenvalue weighted by Crippen LogP contribution is -2.37. The van der Waals surface area contributed by atoms with Gasteiger partial charge in [-0.1, -0.05) is 36.5 Å². The maximum atomic E-state index is 13.5. The largest absolute Gasteiger partial charge is 0.376 e. The molecule has 2 aromatic carbocycles. The molecule has 1 saturated heterocycles. The Kier molecular flexibility index (Phi) is 5.90. The molecule has 1 aliphatic rings. The van der Waals surface area contributed by atoms with Crippen molar-refractivity contribution in [3.8, 4) is 0 Å². The van der Waals surface area contributed by atoms with E-state index >= 15 is 0 Å². The van der Waals surface area contributed by atoms with E-state index in [1.165, 1.54) is 23.5 Å². The van der Waals surface area contributed by atoms with Gasteiger partial charge in [0.25, 0.3) is 5.91 Å². The van der Waals surface area contributed by atoms with Crippen molar-refractivity contribution in [3.05, 3.63) is 53.6 Å². The van der Waals surface area contributed by atoms with Gasteiger partial charge in [0.05, 0.1) is 33.5 Å². The van der Waals surface area contributed by atoms with Crippen LogP contribution in [0.4, 0.5) is 5.13 Å². The van der Waals surface area contributed by atoms with Gasteiger partial charge in [0.2, 0.25) is 0 Å². The van der Waals surface area contributed by atoms with Gasteiger partial charge >= 0.3 is 0 Å². The third kappa shape index (κ3) is 4.12. The van der Waals surface area contributed by atoms with Crippen LogP contribution in [0.5, 0.6) is 0 Å². The van der Waals surface area contributed by atoms with E-state index in [1.54, 1.807) is 24.0 Å². The molecule has 2 heterocycles. The molecule has 0 spiro atoms. The molecule has 4 rings (SSSR count). The molecule has 158 valence electrons. The van der Waals surface area contributed by atoms with Crippen molar-refractivity contribution in [3.63, 3.8) is 0 Å². The van der Waals surface area contributed by atoms with Gasteiger partial charge in [-0.05, 0) is 49.6 Å². The highest BCUT2D eigenvalue weighted by Gasteiger charge is 2.28. The fraction of sp³-hybridized carbons (Fsp3) is 0.364. The number of carbonyl (C=O) groups excluding carboxylic acids is 1. The molecule has 0 N–H and O–H groups in total. The van der Waals surface area contributed by atoms with E-state index in [0.29, 0.717) is 23.8 Å². The van der Waals surface area contributed by atoms with Crippen LogP contribution >= 0.6 is 11.3 Å². The summed E-state index contributed by atoms with van der Waals surface area (Å²) in [7, 11) is -3.40. The summed E-state index contributed by atoms with van der Waals surface area (Å²) in [6.07, 6.45) is 1.80. The molecule has 3 aromatic rings. The van der Waals surface area contributed by atoms with E-state index in [2.05, 4.69) is 0 Å². The number of carbonyl (C=O) groups is 1. The standard InChI is InChI=1S/C22H24N2O4S2/c1-3-30(26,27)18-10-5-8-16(13-18)21(25)24(14-17-9-6-12-28-17)22-23-20-15(2)7-4-11-19(20)29-22/h4-5,7-8,10-11,13,17H,3,6,9,12,14H2,1-2H3. The predicted molar refractivity (Wildman–Crippen MR) is 119 cm³/mol. The summed E-state index contributed by atoms with van der Waals surface area (Å²) in [5, 5.41) is 0.601. The number of hydrogen-bond acceptors (Lipinski definition) is 6. The van der Waals surface area contributed by atoms with Crippen LogP contribution in [0.15, 0.2) is 47.4 Å². The van der Waals surface area contributed by atoms with Crippen molar-refractivity contribution in [2.45, 2.75) is 37.7 Å². The van der Waals surface area contributed by atoms with Crippen LogP contribution < -0.4 is 4.90 Å². The number of thiazole rings is 1. The second kappa shape index (κ2) is 8.45. The quantitative estimate of drug-likeness (QED) is 0.569. The van der Waals surface area contributed by atoms with Crippen molar-refractivity contribution >= 4 is 42.4 Å². The first-order valence-corrected chi connectivity index (χ1v) is 12.5. The summed E-state index contributed by atoms with van der Waals surface area (Å²) in [5.74, 6) is -0.281. The lowest BCUT2D eigenvalue weighted by atomic mass is 10.2. The molecule has 30 heavy (non-hydrogen) atoms. The van der Waals surface area contributed by atoms with E-state index in [4.69, 9.17) is 9.72 Å². The highest BCUT2D eigenvalue weighted by Crippen LogP contribution is 2.32. The Morgan fingerprint density at radius 3 is 2.77 bits per heavy atom. The maximum absolute atomic E-state index is 13.5. The normalized spacial score (nSPS) is 16.8. The zero-order chi connectivity index (χ0) is 21.3. The molecule has 0 radical (unpaired) electrons. The Morgan fingerprint density at radius 2 is 2.07 bits per heavy atom. The van der Waals surface area contributed by atoms with E-state index in [-0.39, 0.29) is 22.7 Å². The van der Waals surface area contributed by atoms with E-state index in [9.17, 15) is 13.2 Å². The second-order valence-corrected chi connectivity index (χ2v) is 10.7. The Labute approximate surface area is 180 Å². The highest BCUT2D eigenvalue weighted by atomic mass is 32.2. The van der Waals surface area contributed by atoms with Gasteiger partial charge in [-0.2, -0.15) is 0 Å². The molecule has 0 saturated carbocycles.